The summed E-state index contributed by atoms with van der Waals surface area (Å²) in [6, 6.07) is 23.4. The first-order valence-corrected chi connectivity index (χ1v) is 35.2. The summed E-state index contributed by atoms with van der Waals surface area (Å²) < 4.78 is 0.182. The first-order valence-electron chi connectivity index (χ1n) is 18.8. The predicted octanol–water partition coefficient (Wildman–Crippen LogP) is 14.5. The fourth-order valence-electron chi connectivity index (χ4n) is 9.47. The van der Waals surface area contributed by atoms with Gasteiger partial charge in [-0.25, -0.2) is 0 Å². The Morgan fingerprint density at radius 3 is 1.30 bits per heavy atom. The van der Waals surface area contributed by atoms with Crippen LogP contribution in [0.1, 0.15) is 103 Å². The number of hydrogen-bond donors (Lipinski definition) is 0. The topological polar surface area (TPSA) is 0 Å². The fourth-order valence-corrected chi connectivity index (χ4v) is 40.8. The van der Waals surface area contributed by atoms with Crippen LogP contribution in [-0.4, -0.2) is 5.92 Å². The van der Waals surface area contributed by atoms with Gasteiger partial charge in [0.1, 0.15) is 0 Å². The van der Waals surface area contributed by atoms with E-state index in [9.17, 15) is 0 Å². The molecule has 2 atom stereocenters. The molecule has 0 saturated carbocycles. The van der Waals surface area contributed by atoms with Gasteiger partial charge >= 0.3 is 315 Å². The Morgan fingerprint density at radius 2 is 0.960 bits per heavy atom. The van der Waals surface area contributed by atoms with E-state index < -0.39 is 21.5 Å². The Kier molecular flexibility index (Phi) is 10.4. The van der Waals surface area contributed by atoms with Crippen molar-refractivity contribution in [1.82, 2.24) is 0 Å². The molecule has 2 aliphatic rings. The number of halogens is 2. The summed E-state index contributed by atoms with van der Waals surface area (Å²) in [4.78, 5) is 0. The standard InChI is InChI=1S/2C22H25.C2H7Si.2ClH.Zr/c2*1-14(2)9-18-12-19-7-6-8-20(22(19)13-18)21-11-15(3)10-16(4)17(21)5;1-3-2;;;/h2*6-8,10-14H,9H2,1-5H3;3H,1-2H3;2*1H;/q;;;;;+2/p-2. The zero-order chi connectivity index (χ0) is 36.5. The van der Waals surface area contributed by atoms with Gasteiger partial charge in [0.2, 0.25) is 0 Å². The van der Waals surface area contributed by atoms with Gasteiger partial charge in [0.15, 0.2) is 0 Å². The van der Waals surface area contributed by atoms with Crippen LogP contribution >= 0.6 is 17.0 Å². The van der Waals surface area contributed by atoms with Crippen molar-refractivity contribution < 1.29 is 15.6 Å². The van der Waals surface area contributed by atoms with Crippen LogP contribution in [0.2, 0.25) is 13.1 Å². The van der Waals surface area contributed by atoms with Gasteiger partial charge in [-0.2, -0.15) is 0 Å². The van der Waals surface area contributed by atoms with Crippen molar-refractivity contribution in [3.05, 3.63) is 127 Å². The Morgan fingerprint density at radius 1 is 0.580 bits per heavy atom. The number of fused-ring (bicyclic) bond motifs is 2. The maximum absolute atomic E-state index is 8.87. The van der Waals surface area contributed by atoms with Crippen LogP contribution in [0.25, 0.3) is 34.4 Å². The maximum atomic E-state index is 8.87. The summed E-state index contributed by atoms with van der Waals surface area (Å²) in [6.45, 7) is 27.8. The van der Waals surface area contributed by atoms with Crippen molar-refractivity contribution in [1.29, 1.82) is 0 Å². The average Bonchev–Trinajstić information content (AvgIpc) is 3.58. The molecule has 2 unspecified atom stereocenters. The normalized spacial score (nSPS) is 18.0. The number of rotatable bonds is 9. The van der Waals surface area contributed by atoms with Crippen LogP contribution in [0.3, 0.4) is 0 Å². The van der Waals surface area contributed by atoms with Gasteiger partial charge in [0.05, 0.1) is 0 Å². The molecule has 0 fully saturated rings. The molecule has 0 heterocycles. The van der Waals surface area contributed by atoms with Crippen LogP contribution in [-0.2, 0) is 15.6 Å². The monoisotopic (exact) mass is 797 g/mol. The third kappa shape index (κ3) is 6.27. The molecule has 263 valence electrons. The van der Waals surface area contributed by atoms with E-state index in [1.165, 1.54) is 89.0 Å². The number of allylic oxidation sites excluding steroid dienone is 2. The number of hydrogen-bond acceptors (Lipinski definition) is 0. The average molecular weight is 800 g/mol. The first kappa shape index (κ1) is 37.8. The molecular weight excluding hydrogens is 743 g/mol. The molecule has 2 aliphatic carbocycles. The Bertz CT molecular complexity index is 1920. The van der Waals surface area contributed by atoms with Crippen molar-refractivity contribution in [2.45, 2.75) is 102 Å². The number of aryl methyl sites for hydroxylation is 4. The first-order chi connectivity index (χ1) is 23.4. The Labute approximate surface area is 312 Å². The summed E-state index contributed by atoms with van der Waals surface area (Å²) in [5, 5.41) is 0. The van der Waals surface area contributed by atoms with Crippen molar-refractivity contribution in [3.8, 4) is 22.3 Å². The summed E-state index contributed by atoms with van der Waals surface area (Å²) in [5.41, 5.74) is 21.7. The van der Waals surface area contributed by atoms with E-state index in [0.717, 1.165) is 12.8 Å². The van der Waals surface area contributed by atoms with Crippen LogP contribution in [0.15, 0.2) is 71.8 Å². The molecule has 4 aromatic rings. The molecule has 0 aliphatic heterocycles. The van der Waals surface area contributed by atoms with Gasteiger partial charge in [0, 0.05) is 0 Å². The second kappa shape index (κ2) is 13.8. The zero-order valence-corrected chi connectivity index (χ0v) is 37.6. The quantitative estimate of drug-likeness (QED) is 0.148. The van der Waals surface area contributed by atoms with Gasteiger partial charge in [-0.1, -0.05) is 0 Å². The van der Waals surface area contributed by atoms with Crippen LogP contribution in [0.4, 0.5) is 0 Å². The van der Waals surface area contributed by atoms with E-state index in [1.807, 2.05) is 0 Å². The van der Waals surface area contributed by atoms with E-state index in [4.69, 9.17) is 17.0 Å². The molecule has 6 rings (SSSR count). The zero-order valence-electron chi connectivity index (χ0n) is 32.5. The van der Waals surface area contributed by atoms with Gasteiger partial charge in [-0.05, 0) is 0 Å². The van der Waals surface area contributed by atoms with Crippen molar-refractivity contribution in [2.24, 2.45) is 11.8 Å². The molecule has 0 aromatic heterocycles. The van der Waals surface area contributed by atoms with Gasteiger partial charge in [-0.15, -0.1) is 0 Å². The molecule has 0 N–H and O–H groups in total. The van der Waals surface area contributed by atoms with Crippen molar-refractivity contribution in [2.75, 3.05) is 0 Å². The third-order valence-electron chi connectivity index (χ3n) is 12.0. The van der Waals surface area contributed by atoms with E-state index in [1.54, 1.807) is 0 Å². The fraction of sp³-hybridized carbons (Fsp3) is 0.391. The minimum absolute atomic E-state index is 0.0909. The van der Waals surface area contributed by atoms with E-state index in [2.05, 4.69) is 155 Å². The molecule has 0 amide bonds. The van der Waals surface area contributed by atoms with Crippen LogP contribution in [0.5, 0.6) is 0 Å². The SMILES string of the molecule is Cc1cc(C)c(C)c(-c2cccc3c2C=C(CC(C)C)[CH]3[Zr]([Cl])([Cl])([CH]2C(CC(C)C)=Cc3c(-c4cc(C)cc(C)c4C)cccc32)[SiH](C)C)c1. The molecule has 4 heteroatoms. The van der Waals surface area contributed by atoms with Gasteiger partial charge in [0.25, 0.3) is 0 Å². The Balaban J connectivity index is 1.65. The second-order valence-electron chi connectivity index (χ2n) is 17.0. The number of benzene rings is 4. The summed E-state index contributed by atoms with van der Waals surface area (Å²) in [7, 11) is 17.7. The second-order valence-corrected chi connectivity index (χ2v) is 59.5. The van der Waals surface area contributed by atoms with Crippen LogP contribution < -0.4 is 0 Å². The van der Waals surface area contributed by atoms with Gasteiger partial charge in [-0.3, -0.25) is 0 Å². The summed E-state index contributed by atoms with van der Waals surface area (Å²) >= 11 is -4.93. The van der Waals surface area contributed by atoms with Crippen molar-refractivity contribution >= 4 is 35.1 Å². The molecule has 0 saturated heterocycles. The Hall–Kier alpha value is -1.96. The summed E-state index contributed by atoms with van der Waals surface area (Å²) in [5.74, 6) is -0.667. The third-order valence-corrected chi connectivity index (χ3v) is 63.9. The molecule has 0 bridgehead atoms. The predicted molar refractivity (Wildman–Crippen MR) is 223 cm³/mol. The molecule has 50 heavy (non-hydrogen) atoms. The van der Waals surface area contributed by atoms with Crippen LogP contribution in [0, 0.1) is 53.4 Å². The summed E-state index contributed by atoms with van der Waals surface area (Å²) in [6.07, 6.45) is 7.11. The van der Waals surface area contributed by atoms with E-state index in [0.29, 0.717) is 11.8 Å². The molecule has 0 nitrogen and oxygen atoms in total. The van der Waals surface area contributed by atoms with Gasteiger partial charge < -0.3 is 0 Å². The molecule has 0 spiro atoms. The van der Waals surface area contributed by atoms with E-state index in [-0.39, 0.29) is 7.25 Å². The molecule has 4 aromatic carbocycles. The molecule has 0 radical (unpaired) electrons. The molecular formula is C46H57Cl2SiZr. The van der Waals surface area contributed by atoms with E-state index >= 15 is 0 Å². The van der Waals surface area contributed by atoms with Crippen molar-refractivity contribution in [3.63, 3.8) is 0 Å². The minimum atomic E-state index is -4.93.